The van der Waals surface area contributed by atoms with Crippen LogP contribution < -0.4 is 10.4 Å². The highest BCUT2D eigenvalue weighted by Crippen LogP contribution is 2.26. The Bertz CT molecular complexity index is 733. The Morgan fingerprint density at radius 2 is 2.10 bits per heavy atom. The molecule has 20 heavy (non-hydrogen) atoms. The molecule has 1 aromatic heterocycles. The molecule has 1 aliphatic heterocycles. The number of pyridine rings is 1. The summed E-state index contributed by atoms with van der Waals surface area (Å²) >= 11 is 0. The lowest BCUT2D eigenvalue weighted by molar-refractivity contribution is -0.117. The standard InChI is InChI=1S/C14H13BF2N2O/c1-7-13(15)12-9(17)5-8(16)6-10(12)18-14(7)19-4-2-3-11(19)20/h5-6H,2-4,15H2,1H3. The van der Waals surface area contributed by atoms with Crippen molar-refractivity contribution >= 4 is 35.9 Å². The quantitative estimate of drug-likeness (QED) is 0.732. The van der Waals surface area contributed by atoms with Crippen molar-refractivity contribution in [3.8, 4) is 0 Å². The van der Waals surface area contributed by atoms with Gasteiger partial charge in [0, 0.05) is 30.5 Å². The van der Waals surface area contributed by atoms with E-state index in [1.165, 1.54) is 6.07 Å². The number of hydrogen-bond donors (Lipinski definition) is 0. The van der Waals surface area contributed by atoms with E-state index >= 15 is 0 Å². The van der Waals surface area contributed by atoms with Crippen LogP contribution in [-0.4, -0.2) is 25.3 Å². The van der Waals surface area contributed by atoms with Crippen molar-refractivity contribution < 1.29 is 13.6 Å². The summed E-state index contributed by atoms with van der Waals surface area (Å²) in [5, 5.41) is 0.319. The van der Waals surface area contributed by atoms with E-state index in [1.807, 2.05) is 6.92 Å². The average Bonchev–Trinajstić information content (AvgIpc) is 2.79. The number of carbonyl (C=O) groups excluding carboxylic acids is 1. The van der Waals surface area contributed by atoms with Crippen LogP contribution >= 0.6 is 0 Å². The van der Waals surface area contributed by atoms with E-state index in [2.05, 4.69) is 4.98 Å². The van der Waals surface area contributed by atoms with Gasteiger partial charge in [0.05, 0.1) is 5.52 Å². The number of hydrogen-bond acceptors (Lipinski definition) is 2. The van der Waals surface area contributed by atoms with Crippen LogP contribution in [0.15, 0.2) is 12.1 Å². The number of aromatic nitrogens is 1. The normalized spacial score (nSPS) is 15.3. The zero-order chi connectivity index (χ0) is 14.4. The molecule has 0 radical (unpaired) electrons. The Balaban J connectivity index is 2.29. The lowest BCUT2D eigenvalue weighted by Crippen LogP contribution is -2.28. The van der Waals surface area contributed by atoms with Gasteiger partial charge in [-0.05, 0) is 18.9 Å². The van der Waals surface area contributed by atoms with Crippen LogP contribution in [0.2, 0.25) is 0 Å². The maximum absolute atomic E-state index is 13.9. The summed E-state index contributed by atoms with van der Waals surface area (Å²) in [4.78, 5) is 17.8. The van der Waals surface area contributed by atoms with Crippen LogP contribution in [0.5, 0.6) is 0 Å². The SMILES string of the molecule is Bc1c(C)c(N2CCCC2=O)nc2cc(F)cc(F)c12. The molecule has 0 spiro atoms. The number of benzene rings is 1. The third-order valence-corrected chi connectivity index (χ3v) is 3.86. The molecular weight excluding hydrogens is 261 g/mol. The number of halogens is 2. The number of carbonyl (C=O) groups is 1. The molecular formula is C14H13BF2N2O. The Kier molecular flexibility index (Phi) is 2.96. The highest BCUT2D eigenvalue weighted by molar-refractivity contribution is 6.40. The molecule has 1 saturated heterocycles. The van der Waals surface area contributed by atoms with Crippen molar-refractivity contribution in [2.24, 2.45) is 0 Å². The second-order valence-electron chi connectivity index (χ2n) is 5.12. The minimum absolute atomic E-state index is 0.0104. The van der Waals surface area contributed by atoms with Gasteiger partial charge in [-0.1, -0.05) is 5.46 Å². The largest absolute Gasteiger partial charge is 0.297 e. The average molecular weight is 274 g/mol. The maximum Gasteiger partial charge on any atom is 0.228 e. The summed E-state index contributed by atoms with van der Waals surface area (Å²) in [6, 6.07) is 2.06. The topological polar surface area (TPSA) is 33.2 Å². The smallest absolute Gasteiger partial charge is 0.228 e. The Hall–Kier alpha value is -1.98. The molecule has 6 heteroatoms. The first-order valence-electron chi connectivity index (χ1n) is 6.55. The number of rotatable bonds is 1. The maximum atomic E-state index is 13.9. The first kappa shape index (κ1) is 13.0. The third kappa shape index (κ3) is 1.87. The molecule has 3 rings (SSSR count). The predicted octanol–water partition coefficient (Wildman–Crippen LogP) is 1.21. The van der Waals surface area contributed by atoms with Crippen LogP contribution in [0.3, 0.4) is 0 Å². The molecule has 0 atom stereocenters. The third-order valence-electron chi connectivity index (χ3n) is 3.86. The molecule has 0 unspecified atom stereocenters. The molecule has 1 aliphatic rings. The lowest BCUT2D eigenvalue weighted by Gasteiger charge is -2.20. The first-order chi connectivity index (χ1) is 9.49. The van der Waals surface area contributed by atoms with E-state index in [1.54, 1.807) is 12.7 Å². The summed E-state index contributed by atoms with van der Waals surface area (Å²) in [6.45, 7) is 2.42. The second kappa shape index (κ2) is 4.54. The van der Waals surface area contributed by atoms with Crippen molar-refractivity contribution in [3.05, 3.63) is 29.3 Å². The summed E-state index contributed by atoms with van der Waals surface area (Å²) in [5.41, 5.74) is 1.71. The molecule has 1 aromatic carbocycles. The van der Waals surface area contributed by atoms with E-state index in [-0.39, 0.29) is 11.4 Å². The fourth-order valence-corrected chi connectivity index (χ4v) is 2.71. The molecule has 0 bridgehead atoms. The molecule has 2 heterocycles. The lowest BCUT2D eigenvalue weighted by atomic mass is 9.87. The fourth-order valence-electron chi connectivity index (χ4n) is 2.71. The first-order valence-corrected chi connectivity index (χ1v) is 6.55. The minimum Gasteiger partial charge on any atom is -0.297 e. The molecule has 3 nitrogen and oxygen atoms in total. The van der Waals surface area contributed by atoms with E-state index < -0.39 is 11.6 Å². The summed E-state index contributed by atoms with van der Waals surface area (Å²) in [6.07, 6.45) is 1.28. The summed E-state index contributed by atoms with van der Waals surface area (Å²) < 4.78 is 27.3. The number of nitrogens with zero attached hydrogens (tertiary/aromatic N) is 2. The van der Waals surface area contributed by atoms with E-state index in [4.69, 9.17) is 0 Å². The second-order valence-corrected chi connectivity index (χ2v) is 5.12. The number of fused-ring (bicyclic) bond motifs is 1. The summed E-state index contributed by atoms with van der Waals surface area (Å²) in [7, 11) is 1.77. The Morgan fingerprint density at radius 1 is 1.35 bits per heavy atom. The van der Waals surface area contributed by atoms with Crippen molar-refractivity contribution in [2.75, 3.05) is 11.4 Å². The van der Waals surface area contributed by atoms with Gasteiger partial charge < -0.3 is 0 Å². The van der Waals surface area contributed by atoms with Gasteiger partial charge in [-0.15, -0.1) is 0 Å². The van der Waals surface area contributed by atoms with Crippen molar-refractivity contribution in [2.45, 2.75) is 19.8 Å². The Morgan fingerprint density at radius 3 is 2.75 bits per heavy atom. The van der Waals surface area contributed by atoms with Crippen LogP contribution in [0.25, 0.3) is 10.9 Å². The molecule has 1 amide bonds. The molecule has 1 fully saturated rings. The van der Waals surface area contributed by atoms with Gasteiger partial charge >= 0.3 is 0 Å². The molecule has 0 saturated carbocycles. The number of anilines is 1. The number of amides is 1. The van der Waals surface area contributed by atoms with Gasteiger partial charge in [-0.25, -0.2) is 13.8 Å². The van der Waals surface area contributed by atoms with Crippen LogP contribution in [0, 0.1) is 18.6 Å². The predicted molar refractivity (Wildman–Crippen MR) is 76.2 cm³/mol. The molecule has 2 aromatic rings. The van der Waals surface area contributed by atoms with Crippen LogP contribution in [0.4, 0.5) is 14.6 Å². The van der Waals surface area contributed by atoms with Crippen molar-refractivity contribution in [3.63, 3.8) is 0 Å². The molecule has 102 valence electrons. The van der Waals surface area contributed by atoms with E-state index in [0.29, 0.717) is 29.6 Å². The highest BCUT2D eigenvalue weighted by Gasteiger charge is 2.26. The van der Waals surface area contributed by atoms with Gasteiger partial charge in [0.25, 0.3) is 0 Å². The van der Waals surface area contributed by atoms with Gasteiger partial charge in [0.15, 0.2) is 0 Å². The van der Waals surface area contributed by atoms with Crippen molar-refractivity contribution in [1.29, 1.82) is 0 Å². The minimum atomic E-state index is -0.663. The van der Waals surface area contributed by atoms with Crippen LogP contribution in [0.1, 0.15) is 18.4 Å². The molecule has 0 N–H and O–H groups in total. The zero-order valence-electron chi connectivity index (χ0n) is 11.3. The van der Waals surface area contributed by atoms with Gasteiger partial charge in [-0.3, -0.25) is 9.69 Å². The van der Waals surface area contributed by atoms with Gasteiger partial charge in [-0.2, -0.15) is 0 Å². The van der Waals surface area contributed by atoms with Crippen LogP contribution in [-0.2, 0) is 4.79 Å². The highest BCUT2D eigenvalue weighted by atomic mass is 19.1. The molecule has 0 aliphatic carbocycles. The monoisotopic (exact) mass is 274 g/mol. The van der Waals surface area contributed by atoms with Crippen molar-refractivity contribution in [1.82, 2.24) is 4.98 Å². The van der Waals surface area contributed by atoms with E-state index in [0.717, 1.165) is 18.1 Å². The van der Waals surface area contributed by atoms with Gasteiger partial charge in [0.2, 0.25) is 5.91 Å². The van der Waals surface area contributed by atoms with E-state index in [9.17, 15) is 13.6 Å². The summed E-state index contributed by atoms with van der Waals surface area (Å²) in [5.74, 6) is -0.754. The van der Waals surface area contributed by atoms with Gasteiger partial charge in [0.1, 0.15) is 25.3 Å². The zero-order valence-corrected chi connectivity index (χ0v) is 11.3. The Labute approximate surface area is 116 Å². The fraction of sp³-hybridized carbons (Fsp3) is 0.286.